The molecule has 0 unspecified atom stereocenters. The Morgan fingerprint density at radius 1 is 1.42 bits per heavy atom. The summed E-state index contributed by atoms with van der Waals surface area (Å²) in [6.07, 6.45) is 0. The number of benzene rings is 1. The lowest BCUT2D eigenvalue weighted by Crippen LogP contribution is -1.70. The molecule has 59 valence electrons. The minimum Gasteiger partial charge on any atom is -0.491 e. The van der Waals surface area contributed by atoms with Crippen molar-refractivity contribution in [2.24, 2.45) is 0 Å². The van der Waals surface area contributed by atoms with Crippen LogP contribution in [0.5, 0.6) is 5.88 Å². The van der Waals surface area contributed by atoms with Crippen LogP contribution in [-0.4, -0.2) is 10.3 Å². The van der Waals surface area contributed by atoms with Crippen LogP contribution in [0.3, 0.4) is 0 Å². The van der Waals surface area contributed by atoms with Crippen LogP contribution in [-0.2, 0) is 0 Å². The van der Waals surface area contributed by atoms with Gasteiger partial charge in [-0.15, -0.1) is 0 Å². The Bertz CT molecular complexity index is 367. The Kier molecular flexibility index (Phi) is 1.55. The Morgan fingerprint density at radius 2 is 2.33 bits per heavy atom. The molecule has 0 aliphatic rings. The molecule has 0 saturated heterocycles. The van der Waals surface area contributed by atoms with Gasteiger partial charge in [0.2, 0.25) is 0 Å². The smallest absolute Gasteiger partial charge is 0.252 e. The molecule has 0 atom stereocenters. The highest BCUT2D eigenvalue weighted by atomic mass is 16.5. The second-order valence-corrected chi connectivity index (χ2v) is 2.33. The zero-order chi connectivity index (χ0) is 8.39. The fourth-order valence-corrected chi connectivity index (χ4v) is 0.939. The highest BCUT2D eigenvalue weighted by molar-refractivity contribution is 5.56. The first-order valence-corrected chi connectivity index (χ1v) is 3.49. The maximum Gasteiger partial charge on any atom is 0.252 e. The van der Waals surface area contributed by atoms with E-state index in [1.807, 2.05) is 18.2 Å². The van der Waals surface area contributed by atoms with E-state index in [1.54, 1.807) is 6.07 Å². The molecule has 3 heteroatoms. The molecule has 1 N–H and O–H groups in total. The van der Waals surface area contributed by atoms with Crippen molar-refractivity contribution in [2.45, 2.75) is 0 Å². The topological polar surface area (TPSA) is 46.3 Å². The summed E-state index contributed by atoms with van der Waals surface area (Å²) < 4.78 is 4.82. The minimum atomic E-state index is -0.109. The molecule has 1 heterocycles. The van der Waals surface area contributed by atoms with Crippen molar-refractivity contribution in [1.29, 1.82) is 0 Å². The summed E-state index contributed by atoms with van der Waals surface area (Å²) in [6.45, 7) is 0. The van der Waals surface area contributed by atoms with Gasteiger partial charge in [-0.2, -0.15) is 0 Å². The van der Waals surface area contributed by atoms with Crippen LogP contribution in [0.2, 0.25) is 0 Å². The Labute approximate surface area is 69.2 Å². The van der Waals surface area contributed by atoms with Gasteiger partial charge in [-0.05, 0) is 11.2 Å². The summed E-state index contributed by atoms with van der Waals surface area (Å²) in [7, 11) is 0. The fourth-order valence-electron chi connectivity index (χ4n) is 0.939. The van der Waals surface area contributed by atoms with Crippen molar-refractivity contribution in [3.63, 3.8) is 0 Å². The molecule has 1 radical (unpaired) electrons. The van der Waals surface area contributed by atoms with Crippen LogP contribution >= 0.6 is 0 Å². The molecule has 3 nitrogen and oxygen atoms in total. The predicted molar refractivity (Wildman–Crippen MR) is 42.4 cm³/mol. The first-order valence-electron chi connectivity index (χ1n) is 3.49. The van der Waals surface area contributed by atoms with Crippen LogP contribution in [0, 0.1) is 6.07 Å². The predicted octanol–water partition coefficient (Wildman–Crippen LogP) is 1.85. The molecule has 0 amide bonds. The van der Waals surface area contributed by atoms with Crippen LogP contribution in [0.1, 0.15) is 0 Å². The van der Waals surface area contributed by atoms with Gasteiger partial charge >= 0.3 is 0 Å². The molecule has 12 heavy (non-hydrogen) atoms. The maximum absolute atomic E-state index is 8.90. The van der Waals surface area contributed by atoms with E-state index in [-0.39, 0.29) is 5.88 Å². The zero-order valence-corrected chi connectivity index (χ0v) is 6.19. The normalized spacial score (nSPS) is 10.0. The zero-order valence-electron chi connectivity index (χ0n) is 6.19. The second kappa shape index (κ2) is 2.70. The average Bonchev–Trinajstić information content (AvgIpc) is 2.54. The van der Waals surface area contributed by atoms with E-state index in [9.17, 15) is 0 Å². The molecule has 0 aliphatic heterocycles. The largest absolute Gasteiger partial charge is 0.491 e. The van der Waals surface area contributed by atoms with E-state index in [1.165, 1.54) is 6.07 Å². The minimum absolute atomic E-state index is 0.109. The molecule has 0 saturated carbocycles. The molecular formula is C9H6NO2. The van der Waals surface area contributed by atoms with Gasteiger partial charge in [-0.25, -0.2) is 0 Å². The maximum atomic E-state index is 8.90. The van der Waals surface area contributed by atoms with Crippen molar-refractivity contribution in [1.82, 2.24) is 5.16 Å². The van der Waals surface area contributed by atoms with E-state index < -0.39 is 0 Å². The van der Waals surface area contributed by atoms with E-state index in [0.29, 0.717) is 5.76 Å². The summed E-state index contributed by atoms with van der Waals surface area (Å²) in [6, 6.07) is 11.7. The SMILES string of the molecule is Oc1cc(-c2[c]cccc2)on1. The first-order chi connectivity index (χ1) is 5.86. The van der Waals surface area contributed by atoms with Crippen LogP contribution in [0.4, 0.5) is 0 Å². The van der Waals surface area contributed by atoms with E-state index in [0.717, 1.165) is 5.56 Å². The van der Waals surface area contributed by atoms with Crippen molar-refractivity contribution >= 4 is 0 Å². The van der Waals surface area contributed by atoms with Gasteiger partial charge in [-0.1, -0.05) is 24.3 Å². The lowest BCUT2D eigenvalue weighted by Gasteiger charge is -1.89. The summed E-state index contributed by atoms with van der Waals surface area (Å²) in [5.74, 6) is 0.412. The summed E-state index contributed by atoms with van der Waals surface area (Å²) in [5.41, 5.74) is 0.783. The lowest BCUT2D eigenvalue weighted by molar-refractivity contribution is 0.365. The Balaban J connectivity index is 2.45. The van der Waals surface area contributed by atoms with Gasteiger partial charge in [0.25, 0.3) is 5.88 Å². The number of hydrogen-bond donors (Lipinski definition) is 1. The highest BCUT2D eigenvalue weighted by Gasteiger charge is 2.03. The first kappa shape index (κ1) is 6.91. The van der Waals surface area contributed by atoms with Gasteiger partial charge in [0.05, 0.1) is 0 Å². The van der Waals surface area contributed by atoms with Crippen LogP contribution in [0.25, 0.3) is 11.3 Å². The quantitative estimate of drug-likeness (QED) is 0.692. The van der Waals surface area contributed by atoms with Crippen molar-refractivity contribution in [2.75, 3.05) is 0 Å². The number of aromatic nitrogens is 1. The average molecular weight is 160 g/mol. The molecule has 0 spiro atoms. The third-order valence-corrected chi connectivity index (χ3v) is 1.47. The molecule has 2 aromatic rings. The molecule has 1 aromatic carbocycles. The van der Waals surface area contributed by atoms with Crippen molar-refractivity contribution in [3.05, 3.63) is 36.4 Å². The number of aromatic hydroxyl groups is 1. The van der Waals surface area contributed by atoms with Gasteiger partial charge < -0.3 is 9.63 Å². The monoisotopic (exact) mass is 160 g/mol. The van der Waals surface area contributed by atoms with Gasteiger partial charge in [-0.3, -0.25) is 0 Å². The van der Waals surface area contributed by atoms with Crippen LogP contribution < -0.4 is 0 Å². The lowest BCUT2D eigenvalue weighted by atomic mass is 10.2. The fraction of sp³-hybridized carbons (Fsp3) is 0. The number of hydrogen-bond acceptors (Lipinski definition) is 3. The summed E-state index contributed by atoms with van der Waals surface area (Å²) in [5, 5.41) is 12.2. The van der Waals surface area contributed by atoms with Crippen LogP contribution in [0.15, 0.2) is 34.9 Å². The van der Waals surface area contributed by atoms with Gasteiger partial charge in [0.15, 0.2) is 5.76 Å². The van der Waals surface area contributed by atoms with Crippen molar-refractivity contribution in [3.8, 4) is 17.2 Å². The molecular weight excluding hydrogens is 154 g/mol. The molecule has 0 fully saturated rings. The number of rotatable bonds is 1. The Hall–Kier alpha value is -1.77. The van der Waals surface area contributed by atoms with E-state index >= 15 is 0 Å². The molecule has 0 bridgehead atoms. The summed E-state index contributed by atoms with van der Waals surface area (Å²) >= 11 is 0. The summed E-state index contributed by atoms with van der Waals surface area (Å²) in [4.78, 5) is 0. The van der Waals surface area contributed by atoms with Gasteiger partial charge in [0, 0.05) is 11.6 Å². The third-order valence-electron chi connectivity index (χ3n) is 1.47. The standard InChI is InChI=1S/C9H6NO2/c11-9-6-8(12-10-9)7-4-2-1-3-5-7/h1-4,6H,(H,10,11). The van der Waals surface area contributed by atoms with Crippen molar-refractivity contribution < 1.29 is 9.63 Å². The van der Waals surface area contributed by atoms with E-state index in [4.69, 9.17) is 9.63 Å². The Morgan fingerprint density at radius 3 is 2.92 bits per heavy atom. The highest BCUT2D eigenvalue weighted by Crippen LogP contribution is 2.21. The molecule has 2 rings (SSSR count). The third kappa shape index (κ3) is 1.16. The van der Waals surface area contributed by atoms with Gasteiger partial charge in [0.1, 0.15) is 0 Å². The molecule has 0 aliphatic carbocycles. The molecule has 1 aromatic heterocycles. The van der Waals surface area contributed by atoms with E-state index in [2.05, 4.69) is 11.2 Å². The number of nitrogens with zero attached hydrogens (tertiary/aromatic N) is 1. The second-order valence-electron chi connectivity index (χ2n) is 2.33.